The fraction of sp³-hybridized carbons (Fsp3) is 0.545. The van der Waals surface area contributed by atoms with Crippen molar-refractivity contribution in [3.05, 3.63) is 29.6 Å². The van der Waals surface area contributed by atoms with Crippen LogP contribution in [0.4, 0.5) is 0 Å². The van der Waals surface area contributed by atoms with Crippen LogP contribution in [0.15, 0.2) is 18.3 Å². The number of pyridine rings is 1. The van der Waals surface area contributed by atoms with Gasteiger partial charge in [-0.3, -0.25) is 4.98 Å². The van der Waals surface area contributed by atoms with Crippen molar-refractivity contribution in [1.29, 1.82) is 0 Å². The van der Waals surface area contributed by atoms with Gasteiger partial charge < -0.3 is 4.74 Å². The van der Waals surface area contributed by atoms with Gasteiger partial charge in [-0.25, -0.2) is 0 Å². The molecule has 13 heavy (non-hydrogen) atoms. The van der Waals surface area contributed by atoms with Gasteiger partial charge in [0, 0.05) is 12.1 Å². The molecule has 1 aliphatic heterocycles. The van der Waals surface area contributed by atoms with Crippen molar-refractivity contribution >= 4 is 0 Å². The van der Waals surface area contributed by atoms with E-state index in [1.807, 2.05) is 12.3 Å². The Hall–Kier alpha value is -0.890. The predicted octanol–water partition coefficient (Wildman–Crippen LogP) is 2.32. The molecule has 2 heteroatoms. The van der Waals surface area contributed by atoms with Crippen molar-refractivity contribution in [3.63, 3.8) is 0 Å². The first-order chi connectivity index (χ1) is 6.29. The minimum Gasteiger partial charge on any atom is -0.380 e. The zero-order valence-electron chi connectivity index (χ0n) is 8.16. The second kappa shape index (κ2) is 3.46. The van der Waals surface area contributed by atoms with Crippen LogP contribution in [0.3, 0.4) is 0 Å². The normalized spacial score (nSPS) is 17.5. The van der Waals surface area contributed by atoms with E-state index in [4.69, 9.17) is 4.74 Å². The molecule has 0 unspecified atom stereocenters. The molecule has 0 aromatic carbocycles. The van der Waals surface area contributed by atoms with E-state index in [9.17, 15) is 0 Å². The maximum atomic E-state index is 5.18. The van der Waals surface area contributed by atoms with E-state index < -0.39 is 0 Å². The van der Waals surface area contributed by atoms with E-state index in [2.05, 4.69) is 24.9 Å². The fourth-order valence-electron chi connectivity index (χ4n) is 1.65. The summed E-state index contributed by atoms with van der Waals surface area (Å²) in [5.41, 5.74) is 2.61. The van der Waals surface area contributed by atoms with E-state index in [0.717, 1.165) is 13.2 Å². The Bertz CT molecular complexity index is 292. The lowest BCUT2D eigenvalue weighted by molar-refractivity contribution is 0.00625. The van der Waals surface area contributed by atoms with E-state index in [1.165, 1.54) is 11.3 Å². The smallest absolute Gasteiger partial charge is 0.0572 e. The highest BCUT2D eigenvalue weighted by Crippen LogP contribution is 2.28. The van der Waals surface area contributed by atoms with Gasteiger partial charge in [0.2, 0.25) is 0 Å². The first-order valence-corrected chi connectivity index (χ1v) is 4.81. The molecule has 2 heterocycles. The SMILES string of the molecule is CC(C)c1cccnc1C1COC1. The van der Waals surface area contributed by atoms with Gasteiger partial charge in [-0.15, -0.1) is 0 Å². The van der Waals surface area contributed by atoms with Crippen molar-refractivity contribution in [2.45, 2.75) is 25.7 Å². The summed E-state index contributed by atoms with van der Waals surface area (Å²) < 4.78 is 5.18. The molecule has 1 aromatic rings. The van der Waals surface area contributed by atoms with Crippen molar-refractivity contribution in [2.24, 2.45) is 0 Å². The number of rotatable bonds is 2. The molecule has 1 aromatic heterocycles. The van der Waals surface area contributed by atoms with Gasteiger partial charge in [-0.05, 0) is 17.5 Å². The Morgan fingerprint density at radius 1 is 1.46 bits per heavy atom. The Morgan fingerprint density at radius 3 is 2.77 bits per heavy atom. The number of aromatic nitrogens is 1. The largest absolute Gasteiger partial charge is 0.380 e. The lowest BCUT2D eigenvalue weighted by atomic mass is 9.92. The van der Waals surface area contributed by atoms with Gasteiger partial charge in [0.05, 0.1) is 18.9 Å². The summed E-state index contributed by atoms with van der Waals surface area (Å²) >= 11 is 0. The molecule has 0 aliphatic carbocycles. The van der Waals surface area contributed by atoms with Gasteiger partial charge in [-0.1, -0.05) is 19.9 Å². The number of hydrogen-bond donors (Lipinski definition) is 0. The zero-order valence-corrected chi connectivity index (χ0v) is 8.16. The molecule has 2 nitrogen and oxygen atoms in total. The van der Waals surface area contributed by atoms with Gasteiger partial charge in [0.1, 0.15) is 0 Å². The van der Waals surface area contributed by atoms with Crippen LogP contribution >= 0.6 is 0 Å². The lowest BCUT2D eigenvalue weighted by Gasteiger charge is -2.27. The lowest BCUT2D eigenvalue weighted by Crippen LogP contribution is -2.27. The molecule has 0 N–H and O–H groups in total. The summed E-state index contributed by atoms with van der Waals surface area (Å²) in [6.45, 7) is 6.10. The second-order valence-corrected chi connectivity index (χ2v) is 3.87. The third-order valence-corrected chi connectivity index (χ3v) is 2.52. The van der Waals surface area contributed by atoms with E-state index >= 15 is 0 Å². The first kappa shape index (κ1) is 8.70. The van der Waals surface area contributed by atoms with Gasteiger partial charge in [-0.2, -0.15) is 0 Å². The van der Waals surface area contributed by atoms with Crippen molar-refractivity contribution in [3.8, 4) is 0 Å². The highest BCUT2D eigenvalue weighted by Gasteiger charge is 2.24. The molecular weight excluding hydrogens is 162 g/mol. The van der Waals surface area contributed by atoms with Crippen LogP contribution in [0.2, 0.25) is 0 Å². The van der Waals surface area contributed by atoms with Crippen LogP contribution in [0, 0.1) is 0 Å². The first-order valence-electron chi connectivity index (χ1n) is 4.81. The Kier molecular flexibility index (Phi) is 2.32. The number of nitrogens with zero attached hydrogens (tertiary/aromatic N) is 1. The van der Waals surface area contributed by atoms with Crippen molar-refractivity contribution in [1.82, 2.24) is 4.98 Å². The molecular formula is C11H15NO. The maximum Gasteiger partial charge on any atom is 0.0572 e. The number of ether oxygens (including phenoxy) is 1. The molecule has 0 bridgehead atoms. The average molecular weight is 177 g/mol. The summed E-state index contributed by atoms with van der Waals surface area (Å²) in [5, 5.41) is 0. The molecule has 0 amide bonds. The van der Waals surface area contributed by atoms with Crippen LogP contribution in [-0.4, -0.2) is 18.2 Å². The van der Waals surface area contributed by atoms with Gasteiger partial charge >= 0.3 is 0 Å². The van der Waals surface area contributed by atoms with E-state index in [-0.39, 0.29) is 0 Å². The third kappa shape index (κ3) is 1.59. The quantitative estimate of drug-likeness (QED) is 0.691. The molecule has 1 aliphatic rings. The monoisotopic (exact) mass is 177 g/mol. The van der Waals surface area contributed by atoms with Crippen LogP contribution in [0.25, 0.3) is 0 Å². The Labute approximate surface area is 78.9 Å². The molecule has 2 rings (SSSR count). The van der Waals surface area contributed by atoms with Gasteiger partial charge in [0.15, 0.2) is 0 Å². The summed E-state index contributed by atoms with van der Waals surface area (Å²) in [5.74, 6) is 1.10. The Morgan fingerprint density at radius 2 is 2.23 bits per heavy atom. The molecule has 0 saturated carbocycles. The van der Waals surface area contributed by atoms with Crippen LogP contribution in [0.5, 0.6) is 0 Å². The van der Waals surface area contributed by atoms with E-state index in [0.29, 0.717) is 11.8 Å². The minimum absolute atomic E-state index is 0.540. The van der Waals surface area contributed by atoms with Crippen molar-refractivity contribution in [2.75, 3.05) is 13.2 Å². The topological polar surface area (TPSA) is 22.1 Å². The summed E-state index contributed by atoms with van der Waals surface area (Å²) in [4.78, 5) is 4.44. The van der Waals surface area contributed by atoms with Crippen LogP contribution in [0.1, 0.15) is 36.9 Å². The van der Waals surface area contributed by atoms with Crippen LogP contribution in [-0.2, 0) is 4.74 Å². The molecule has 1 fully saturated rings. The molecule has 0 radical (unpaired) electrons. The second-order valence-electron chi connectivity index (χ2n) is 3.87. The summed E-state index contributed by atoms with van der Waals surface area (Å²) in [7, 11) is 0. The zero-order chi connectivity index (χ0) is 9.26. The minimum atomic E-state index is 0.540. The fourth-order valence-corrected chi connectivity index (χ4v) is 1.65. The maximum absolute atomic E-state index is 5.18. The summed E-state index contributed by atoms with van der Waals surface area (Å²) in [6.07, 6.45) is 1.87. The highest BCUT2D eigenvalue weighted by atomic mass is 16.5. The molecule has 70 valence electrons. The Balaban J connectivity index is 2.31. The highest BCUT2D eigenvalue weighted by molar-refractivity contribution is 5.27. The predicted molar refractivity (Wildman–Crippen MR) is 51.9 cm³/mol. The standard InChI is InChI=1S/C11H15NO/c1-8(2)10-4-3-5-12-11(10)9-6-13-7-9/h3-5,8-9H,6-7H2,1-2H3. The van der Waals surface area contributed by atoms with Gasteiger partial charge in [0.25, 0.3) is 0 Å². The third-order valence-electron chi connectivity index (χ3n) is 2.52. The number of hydrogen-bond acceptors (Lipinski definition) is 2. The van der Waals surface area contributed by atoms with Crippen LogP contribution < -0.4 is 0 Å². The molecule has 1 saturated heterocycles. The molecule has 0 spiro atoms. The average Bonchev–Trinajstić information content (AvgIpc) is 2.02. The van der Waals surface area contributed by atoms with E-state index in [1.54, 1.807) is 0 Å². The summed E-state index contributed by atoms with van der Waals surface area (Å²) in [6, 6.07) is 4.18. The molecule has 0 atom stereocenters. The van der Waals surface area contributed by atoms with Crippen molar-refractivity contribution < 1.29 is 4.74 Å².